The average Bonchev–Trinajstić information content (AvgIpc) is 2.60. The lowest BCUT2D eigenvalue weighted by Gasteiger charge is -2.08. The van der Waals surface area contributed by atoms with Gasteiger partial charge in [0, 0.05) is 4.47 Å². The Hall–Kier alpha value is -1.29. The van der Waals surface area contributed by atoms with Gasteiger partial charge in [-0.2, -0.15) is 5.10 Å². The summed E-state index contributed by atoms with van der Waals surface area (Å²) in [6.07, 6.45) is 2.56. The molecule has 4 heteroatoms. The monoisotopic (exact) mass is 265 g/mol. The first-order valence-electron chi connectivity index (χ1n) is 4.81. The molecule has 1 aromatic carbocycles. The van der Waals surface area contributed by atoms with Crippen molar-refractivity contribution in [3.63, 3.8) is 0 Å². The Morgan fingerprint density at radius 2 is 2.13 bits per heavy atom. The number of nitrogens with two attached hydrogens (primary N) is 1. The van der Waals surface area contributed by atoms with Gasteiger partial charge in [0.1, 0.15) is 0 Å². The maximum atomic E-state index is 5.84. The smallest absolute Gasteiger partial charge is 0.0791 e. The van der Waals surface area contributed by atoms with E-state index in [4.69, 9.17) is 5.73 Å². The van der Waals surface area contributed by atoms with E-state index in [-0.39, 0.29) is 0 Å². The molecule has 3 nitrogen and oxygen atoms in total. The number of nitrogen functional groups attached to an aromatic ring is 1. The first-order chi connectivity index (χ1) is 7.24. The predicted molar refractivity (Wildman–Crippen MR) is 65.1 cm³/mol. The number of rotatable bonds is 2. The zero-order valence-electron chi connectivity index (χ0n) is 8.44. The van der Waals surface area contributed by atoms with Crippen LogP contribution in [0.25, 0.3) is 5.69 Å². The van der Waals surface area contributed by atoms with E-state index >= 15 is 0 Å². The molecule has 1 heterocycles. The number of para-hydroxylation sites is 1. The summed E-state index contributed by atoms with van der Waals surface area (Å²) >= 11 is 3.50. The average molecular weight is 266 g/mol. The summed E-state index contributed by atoms with van der Waals surface area (Å²) in [5.41, 5.74) is 8.65. The number of hydrogen-bond donors (Lipinski definition) is 1. The largest absolute Gasteiger partial charge is 0.396 e. The van der Waals surface area contributed by atoms with Crippen LogP contribution in [0.2, 0.25) is 0 Å². The quantitative estimate of drug-likeness (QED) is 0.908. The molecule has 0 amide bonds. The zero-order valence-corrected chi connectivity index (χ0v) is 10.0. The third-order valence-corrected chi connectivity index (χ3v) is 2.99. The number of nitrogens with zero attached hydrogens (tertiary/aromatic N) is 2. The molecule has 2 N–H and O–H groups in total. The molecule has 0 aliphatic heterocycles. The van der Waals surface area contributed by atoms with Gasteiger partial charge in [-0.25, -0.2) is 4.68 Å². The first kappa shape index (κ1) is 10.2. The molecular weight excluding hydrogens is 254 g/mol. The van der Waals surface area contributed by atoms with Crippen LogP contribution in [0.3, 0.4) is 0 Å². The van der Waals surface area contributed by atoms with Crippen LogP contribution in [0.1, 0.15) is 12.6 Å². The van der Waals surface area contributed by atoms with Crippen LogP contribution in [0.5, 0.6) is 0 Å². The summed E-state index contributed by atoms with van der Waals surface area (Å²) in [4.78, 5) is 0. The molecule has 0 bridgehead atoms. The number of anilines is 1. The lowest BCUT2D eigenvalue weighted by molar-refractivity contribution is 0.812. The van der Waals surface area contributed by atoms with E-state index in [9.17, 15) is 0 Å². The summed E-state index contributed by atoms with van der Waals surface area (Å²) in [6, 6.07) is 7.96. The highest BCUT2D eigenvalue weighted by atomic mass is 79.9. The van der Waals surface area contributed by atoms with Crippen molar-refractivity contribution in [2.75, 3.05) is 5.73 Å². The fraction of sp³-hybridized carbons (Fsp3) is 0.182. The van der Waals surface area contributed by atoms with Crippen molar-refractivity contribution >= 4 is 21.6 Å². The minimum atomic E-state index is 0.744. The van der Waals surface area contributed by atoms with Crippen LogP contribution >= 0.6 is 15.9 Å². The number of halogens is 1. The highest BCUT2D eigenvalue weighted by molar-refractivity contribution is 9.10. The van der Waals surface area contributed by atoms with Crippen molar-refractivity contribution in [2.24, 2.45) is 0 Å². The van der Waals surface area contributed by atoms with Crippen LogP contribution in [-0.4, -0.2) is 9.78 Å². The summed E-state index contributed by atoms with van der Waals surface area (Å²) in [5, 5.41) is 4.28. The Balaban J connectivity index is 2.59. The number of aromatic nitrogens is 2. The Bertz CT molecular complexity index is 476. The van der Waals surface area contributed by atoms with Gasteiger partial charge in [0.05, 0.1) is 23.3 Å². The number of hydrogen-bond acceptors (Lipinski definition) is 2. The minimum absolute atomic E-state index is 0.744. The van der Waals surface area contributed by atoms with E-state index in [0.29, 0.717) is 0 Å². The Morgan fingerprint density at radius 3 is 2.80 bits per heavy atom. The topological polar surface area (TPSA) is 43.8 Å². The summed E-state index contributed by atoms with van der Waals surface area (Å²) in [7, 11) is 0. The molecule has 0 radical (unpaired) electrons. The molecule has 0 saturated carbocycles. The molecule has 2 aromatic rings. The van der Waals surface area contributed by atoms with Crippen molar-refractivity contribution in [2.45, 2.75) is 13.3 Å². The van der Waals surface area contributed by atoms with E-state index in [2.05, 4.69) is 28.0 Å². The Labute approximate surface area is 97.0 Å². The summed E-state index contributed by atoms with van der Waals surface area (Å²) in [6.45, 7) is 2.07. The van der Waals surface area contributed by atoms with Gasteiger partial charge in [0.2, 0.25) is 0 Å². The lowest BCUT2D eigenvalue weighted by atomic mass is 10.2. The minimum Gasteiger partial charge on any atom is -0.396 e. The first-order valence-corrected chi connectivity index (χ1v) is 5.60. The zero-order chi connectivity index (χ0) is 10.8. The van der Waals surface area contributed by atoms with Crippen molar-refractivity contribution in [3.8, 4) is 5.69 Å². The van der Waals surface area contributed by atoms with Gasteiger partial charge in [-0.1, -0.05) is 19.1 Å². The highest BCUT2D eigenvalue weighted by Gasteiger charge is 2.09. The Kier molecular flexibility index (Phi) is 2.77. The van der Waals surface area contributed by atoms with E-state index in [1.54, 1.807) is 6.20 Å². The molecule has 0 unspecified atom stereocenters. The SMILES string of the molecule is CCc1c(N)cnn1-c1ccccc1Br. The molecular formula is C11H12BrN3. The molecule has 78 valence electrons. The normalized spacial score (nSPS) is 10.5. The summed E-state index contributed by atoms with van der Waals surface area (Å²) < 4.78 is 2.89. The van der Waals surface area contributed by atoms with Crippen LogP contribution in [0, 0.1) is 0 Å². The molecule has 0 fully saturated rings. The van der Waals surface area contributed by atoms with Crippen LogP contribution < -0.4 is 5.73 Å². The Morgan fingerprint density at radius 1 is 1.40 bits per heavy atom. The standard InChI is InChI=1S/C11H12BrN3/c1-2-10-9(13)7-14-15(10)11-6-4-3-5-8(11)12/h3-7H,2,13H2,1H3. The van der Waals surface area contributed by atoms with Gasteiger partial charge < -0.3 is 5.73 Å². The lowest BCUT2D eigenvalue weighted by Crippen LogP contribution is -2.03. The van der Waals surface area contributed by atoms with Gasteiger partial charge in [-0.05, 0) is 34.5 Å². The fourth-order valence-corrected chi connectivity index (χ4v) is 2.02. The van der Waals surface area contributed by atoms with Crippen molar-refractivity contribution in [3.05, 3.63) is 40.6 Å². The molecule has 1 aromatic heterocycles. The second-order valence-electron chi connectivity index (χ2n) is 3.26. The van der Waals surface area contributed by atoms with E-state index in [0.717, 1.165) is 28.0 Å². The van der Waals surface area contributed by atoms with Gasteiger partial charge >= 0.3 is 0 Å². The molecule has 0 atom stereocenters. The molecule has 15 heavy (non-hydrogen) atoms. The van der Waals surface area contributed by atoms with E-state index in [1.807, 2.05) is 28.9 Å². The van der Waals surface area contributed by atoms with Crippen LogP contribution in [0.15, 0.2) is 34.9 Å². The third kappa shape index (κ3) is 1.77. The molecule has 0 saturated heterocycles. The van der Waals surface area contributed by atoms with Gasteiger partial charge in [-0.15, -0.1) is 0 Å². The van der Waals surface area contributed by atoms with Gasteiger partial charge in [-0.3, -0.25) is 0 Å². The fourth-order valence-electron chi connectivity index (χ4n) is 1.57. The molecule has 2 rings (SSSR count). The summed E-state index contributed by atoms with van der Waals surface area (Å²) in [5.74, 6) is 0. The predicted octanol–water partition coefficient (Wildman–Crippen LogP) is 2.78. The van der Waals surface area contributed by atoms with Gasteiger partial charge in [0.15, 0.2) is 0 Å². The van der Waals surface area contributed by atoms with E-state index < -0.39 is 0 Å². The second kappa shape index (κ2) is 4.06. The molecule has 0 spiro atoms. The van der Waals surface area contributed by atoms with Crippen molar-refractivity contribution in [1.82, 2.24) is 9.78 Å². The van der Waals surface area contributed by atoms with E-state index in [1.165, 1.54) is 0 Å². The van der Waals surface area contributed by atoms with Crippen molar-refractivity contribution < 1.29 is 0 Å². The molecule has 0 aliphatic carbocycles. The van der Waals surface area contributed by atoms with Crippen molar-refractivity contribution in [1.29, 1.82) is 0 Å². The molecule has 0 aliphatic rings. The van der Waals surface area contributed by atoms with Crippen LogP contribution in [0.4, 0.5) is 5.69 Å². The third-order valence-electron chi connectivity index (χ3n) is 2.32. The number of benzene rings is 1. The maximum Gasteiger partial charge on any atom is 0.0791 e. The highest BCUT2D eigenvalue weighted by Crippen LogP contribution is 2.23. The maximum absolute atomic E-state index is 5.84. The van der Waals surface area contributed by atoms with Crippen LogP contribution in [-0.2, 0) is 6.42 Å². The second-order valence-corrected chi connectivity index (χ2v) is 4.12. The van der Waals surface area contributed by atoms with Gasteiger partial charge in [0.25, 0.3) is 0 Å².